The zero-order valence-electron chi connectivity index (χ0n) is 18.5. The Bertz CT molecular complexity index is 889. The average molecular weight is 465 g/mol. The van der Waals surface area contributed by atoms with Gasteiger partial charge in [-0.3, -0.25) is 0 Å². The van der Waals surface area contributed by atoms with E-state index in [0.29, 0.717) is 17.4 Å². The Morgan fingerprint density at radius 1 is 0.939 bits per heavy atom. The maximum atomic E-state index is 11.3. The van der Waals surface area contributed by atoms with Gasteiger partial charge in [0.1, 0.15) is 24.4 Å². The highest BCUT2D eigenvalue weighted by Crippen LogP contribution is 2.69. The van der Waals surface area contributed by atoms with Crippen LogP contribution in [0.1, 0.15) is 43.2 Å². The second-order valence-electron chi connectivity index (χ2n) is 10.6. The standard InChI is InChI=1S/C24H32O9/c1-30-24(22(32-33-24)16-6-12-5-13(8-16)9-17(22)7-12)15-4-2-3-14(10-15)23(29)21(28)20(27)19(26)18(11-25)31-23/h2-4,10,12-13,16-21,25-29H,5-9,11H2,1H3/t12?,13?,16?,17?,18-,19+,20+,21-,22?,23-,24?/m1/s1. The summed E-state index contributed by atoms with van der Waals surface area (Å²) in [6.45, 7) is -0.638. The second kappa shape index (κ2) is 7.43. The molecule has 1 spiro atoms. The molecule has 6 atom stereocenters. The monoisotopic (exact) mass is 464 g/mol. The molecule has 6 aliphatic rings. The van der Waals surface area contributed by atoms with Gasteiger partial charge in [-0.25, -0.2) is 4.89 Å². The zero-order chi connectivity index (χ0) is 23.2. The first-order valence-electron chi connectivity index (χ1n) is 11.9. The first kappa shape index (κ1) is 22.3. The number of aliphatic hydroxyl groups is 5. The normalized spacial score (nSPS) is 52.8. The molecule has 6 fully saturated rings. The Morgan fingerprint density at radius 3 is 2.12 bits per heavy atom. The summed E-state index contributed by atoms with van der Waals surface area (Å²) >= 11 is 0. The van der Waals surface area contributed by atoms with Gasteiger partial charge in [0, 0.05) is 18.2 Å². The highest BCUT2D eigenvalue weighted by atomic mass is 17.3. The average Bonchev–Trinajstić information content (AvgIpc) is 2.80. The highest BCUT2D eigenvalue weighted by molar-refractivity contribution is 5.36. The van der Waals surface area contributed by atoms with Crippen molar-refractivity contribution in [2.45, 2.75) is 73.7 Å². The Kier molecular flexibility index (Phi) is 5.03. The second-order valence-corrected chi connectivity index (χ2v) is 10.6. The first-order valence-corrected chi connectivity index (χ1v) is 11.9. The Morgan fingerprint density at radius 2 is 1.58 bits per heavy atom. The van der Waals surface area contributed by atoms with Crippen molar-refractivity contribution in [3.63, 3.8) is 0 Å². The van der Waals surface area contributed by atoms with Crippen LogP contribution in [-0.2, 0) is 30.8 Å². The quantitative estimate of drug-likeness (QED) is 0.397. The summed E-state index contributed by atoms with van der Waals surface area (Å²) in [7, 11) is 1.59. The molecule has 182 valence electrons. The minimum absolute atomic E-state index is 0.155. The van der Waals surface area contributed by atoms with Crippen LogP contribution < -0.4 is 0 Å². The molecule has 9 nitrogen and oxygen atoms in total. The van der Waals surface area contributed by atoms with Gasteiger partial charge < -0.3 is 35.0 Å². The van der Waals surface area contributed by atoms with Gasteiger partial charge in [-0.2, -0.15) is 4.89 Å². The van der Waals surface area contributed by atoms with E-state index < -0.39 is 48.2 Å². The van der Waals surface area contributed by atoms with E-state index in [9.17, 15) is 25.5 Å². The van der Waals surface area contributed by atoms with Crippen molar-refractivity contribution >= 4 is 0 Å². The van der Waals surface area contributed by atoms with Crippen molar-refractivity contribution in [2.75, 3.05) is 13.7 Å². The van der Waals surface area contributed by atoms with E-state index in [1.54, 1.807) is 25.3 Å². The molecule has 2 saturated heterocycles. The lowest BCUT2D eigenvalue weighted by Gasteiger charge is -2.68. The maximum Gasteiger partial charge on any atom is 0.260 e. The van der Waals surface area contributed by atoms with Crippen molar-refractivity contribution in [3.8, 4) is 0 Å². The van der Waals surface area contributed by atoms with Crippen molar-refractivity contribution in [1.29, 1.82) is 0 Å². The minimum atomic E-state index is -2.35. The third kappa shape index (κ3) is 2.74. The topological polar surface area (TPSA) is 138 Å². The van der Waals surface area contributed by atoms with Crippen LogP contribution in [0.3, 0.4) is 0 Å². The number of methoxy groups -OCH3 is 1. The molecular weight excluding hydrogens is 432 g/mol. The first-order chi connectivity index (χ1) is 15.8. The van der Waals surface area contributed by atoms with Crippen LogP contribution >= 0.6 is 0 Å². The number of hydrogen-bond donors (Lipinski definition) is 5. The fourth-order valence-electron chi connectivity index (χ4n) is 7.70. The smallest absolute Gasteiger partial charge is 0.260 e. The van der Waals surface area contributed by atoms with E-state index in [1.165, 1.54) is 6.42 Å². The van der Waals surface area contributed by atoms with Crippen LogP contribution in [0.2, 0.25) is 0 Å². The molecule has 4 aliphatic carbocycles. The fraction of sp³-hybridized carbons (Fsp3) is 0.750. The molecule has 9 heteroatoms. The lowest BCUT2D eigenvalue weighted by molar-refractivity contribution is -0.645. The van der Waals surface area contributed by atoms with E-state index >= 15 is 0 Å². The molecule has 5 N–H and O–H groups in total. The van der Waals surface area contributed by atoms with Crippen molar-refractivity contribution in [3.05, 3.63) is 35.4 Å². The lowest BCUT2D eigenvalue weighted by Crippen LogP contribution is -2.76. The molecule has 7 rings (SSSR count). The van der Waals surface area contributed by atoms with Gasteiger partial charge in [0.2, 0.25) is 5.79 Å². The number of ether oxygens (including phenoxy) is 2. The minimum Gasteiger partial charge on any atom is -0.394 e. The van der Waals surface area contributed by atoms with E-state index in [1.807, 2.05) is 6.07 Å². The van der Waals surface area contributed by atoms with E-state index in [-0.39, 0.29) is 5.56 Å². The number of aliphatic hydroxyl groups excluding tert-OH is 4. The maximum absolute atomic E-state index is 11.3. The van der Waals surface area contributed by atoms with Crippen LogP contribution in [0.25, 0.3) is 0 Å². The van der Waals surface area contributed by atoms with Crippen LogP contribution in [0, 0.1) is 23.7 Å². The van der Waals surface area contributed by atoms with E-state index in [2.05, 4.69) is 0 Å². The molecule has 33 heavy (non-hydrogen) atoms. The van der Waals surface area contributed by atoms with Crippen LogP contribution in [-0.4, -0.2) is 69.3 Å². The van der Waals surface area contributed by atoms with Gasteiger partial charge in [0.05, 0.1) is 6.61 Å². The van der Waals surface area contributed by atoms with Crippen molar-refractivity contribution in [1.82, 2.24) is 0 Å². The van der Waals surface area contributed by atoms with Crippen LogP contribution in [0.5, 0.6) is 0 Å². The summed E-state index contributed by atoms with van der Waals surface area (Å²) in [6.07, 6.45) is -0.750. The van der Waals surface area contributed by atoms with Gasteiger partial charge in [0.25, 0.3) is 5.79 Å². The van der Waals surface area contributed by atoms with Crippen LogP contribution in [0.4, 0.5) is 0 Å². The molecule has 4 saturated carbocycles. The Labute approximate surface area is 191 Å². The molecule has 0 radical (unpaired) electrons. The largest absolute Gasteiger partial charge is 0.394 e. The van der Waals surface area contributed by atoms with Gasteiger partial charge in [-0.1, -0.05) is 18.2 Å². The van der Waals surface area contributed by atoms with Crippen LogP contribution in [0.15, 0.2) is 24.3 Å². The highest BCUT2D eigenvalue weighted by Gasteiger charge is 2.76. The SMILES string of the molecule is COC1(c2cccc([C@@]3(O)O[C@H](CO)[C@H](O)[C@H](O)[C@H]3O)c2)OOC12C1CC3CC(C1)CC2C3. The summed E-state index contributed by atoms with van der Waals surface area (Å²) < 4.78 is 11.6. The summed E-state index contributed by atoms with van der Waals surface area (Å²) in [5, 5.41) is 51.8. The number of rotatable bonds is 4. The predicted molar refractivity (Wildman–Crippen MR) is 111 cm³/mol. The molecule has 2 heterocycles. The molecule has 2 aliphatic heterocycles. The van der Waals surface area contributed by atoms with E-state index in [4.69, 9.17) is 19.2 Å². The van der Waals surface area contributed by atoms with Gasteiger partial charge in [-0.05, 0) is 61.8 Å². The Hall–Kier alpha value is -1.14. The fourth-order valence-corrected chi connectivity index (χ4v) is 7.70. The molecular formula is C24H32O9. The third-order valence-corrected chi connectivity index (χ3v) is 9.07. The summed E-state index contributed by atoms with van der Waals surface area (Å²) in [5.41, 5.74) is 0.153. The summed E-state index contributed by atoms with van der Waals surface area (Å²) in [6, 6.07) is 6.70. The van der Waals surface area contributed by atoms with E-state index in [0.717, 1.165) is 37.5 Å². The molecule has 4 bridgehead atoms. The number of benzene rings is 1. The van der Waals surface area contributed by atoms with Gasteiger partial charge in [-0.15, -0.1) is 0 Å². The molecule has 1 aromatic rings. The molecule has 0 amide bonds. The van der Waals surface area contributed by atoms with Crippen molar-refractivity contribution in [2.24, 2.45) is 23.7 Å². The lowest BCUT2D eigenvalue weighted by atomic mass is 9.47. The Balaban J connectivity index is 1.39. The summed E-state index contributed by atoms with van der Waals surface area (Å²) in [5.74, 6) is -1.46. The van der Waals surface area contributed by atoms with Gasteiger partial charge in [0.15, 0.2) is 5.60 Å². The zero-order valence-corrected chi connectivity index (χ0v) is 18.5. The third-order valence-electron chi connectivity index (χ3n) is 9.07. The molecule has 1 aromatic carbocycles. The predicted octanol–water partition coefficient (Wildman–Crippen LogP) is 0.261. The molecule has 0 aromatic heterocycles. The van der Waals surface area contributed by atoms with Gasteiger partial charge >= 0.3 is 0 Å². The number of hydrogen-bond acceptors (Lipinski definition) is 9. The summed E-state index contributed by atoms with van der Waals surface area (Å²) in [4.78, 5) is 11.8. The molecule has 1 unspecified atom stereocenters. The van der Waals surface area contributed by atoms with Crippen molar-refractivity contribution < 1.29 is 44.8 Å².